The van der Waals surface area contributed by atoms with Gasteiger partial charge in [-0.1, -0.05) is 6.07 Å². The Labute approximate surface area is 210 Å². The van der Waals surface area contributed by atoms with Gasteiger partial charge in [0.1, 0.15) is 0 Å². The molecule has 1 aromatic heterocycles. The number of benzene rings is 2. The van der Waals surface area contributed by atoms with Gasteiger partial charge in [-0.3, -0.25) is 20.2 Å². The average Bonchev–Trinajstić information content (AvgIpc) is 2.79. The van der Waals surface area contributed by atoms with Crippen molar-refractivity contribution in [3.8, 4) is 0 Å². The normalized spacial score (nSPS) is 10.7. The maximum atomic E-state index is 11.4. The summed E-state index contributed by atoms with van der Waals surface area (Å²) in [6, 6.07) is 13.7. The summed E-state index contributed by atoms with van der Waals surface area (Å²) in [6.45, 7) is 6.47. The van der Waals surface area contributed by atoms with Gasteiger partial charge < -0.3 is 17.3 Å². The summed E-state index contributed by atoms with van der Waals surface area (Å²) >= 11 is 3.13. The maximum absolute atomic E-state index is 11.4. The summed E-state index contributed by atoms with van der Waals surface area (Å²) in [6.07, 6.45) is 4.05. The molecule has 0 saturated carbocycles. The van der Waals surface area contributed by atoms with E-state index in [4.69, 9.17) is 0 Å². The number of nitro groups is 2. The number of pyridine rings is 1. The quantitative estimate of drug-likeness (QED) is 0.176. The van der Waals surface area contributed by atoms with E-state index in [9.17, 15) is 20.2 Å². The molecule has 34 heavy (non-hydrogen) atoms. The van der Waals surface area contributed by atoms with Crippen molar-refractivity contribution in [2.24, 2.45) is 10.2 Å². The van der Waals surface area contributed by atoms with Crippen molar-refractivity contribution < 1.29 is 26.8 Å². The molecule has 3 aromatic rings. The number of aromatic nitrogens is 1. The fourth-order valence-electron chi connectivity index (χ4n) is 3.26. The second kappa shape index (κ2) is 12.1. The number of hydrogen-bond acceptors (Lipinski definition) is 7. The van der Waals surface area contributed by atoms with Crippen LogP contribution in [0.4, 0.5) is 28.4 Å². The van der Waals surface area contributed by atoms with E-state index in [1.807, 2.05) is 49.6 Å². The predicted molar refractivity (Wildman–Crippen MR) is 127 cm³/mol. The Kier molecular flexibility index (Phi) is 9.58. The van der Waals surface area contributed by atoms with Crippen molar-refractivity contribution in [2.45, 2.75) is 20.4 Å². The minimum Gasteiger partial charge on any atom is -1.00 e. The molecule has 10 nitrogen and oxygen atoms in total. The molecule has 0 fully saturated rings. The second-order valence-electron chi connectivity index (χ2n) is 7.17. The Morgan fingerprint density at radius 3 is 2.32 bits per heavy atom. The van der Waals surface area contributed by atoms with Crippen molar-refractivity contribution in [2.75, 3.05) is 18.0 Å². The minimum absolute atomic E-state index is 0. The third-order valence-electron chi connectivity index (χ3n) is 5.03. The molecular formula is C22H22BrClN6O4. The van der Waals surface area contributed by atoms with Crippen LogP contribution in [-0.4, -0.2) is 22.9 Å². The van der Waals surface area contributed by atoms with E-state index in [0.717, 1.165) is 37.0 Å². The molecule has 0 atom stereocenters. The van der Waals surface area contributed by atoms with Crippen LogP contribution >= 0.6 is 15.9 Å². The first-order valence-electron chi connectivity index (χ1n) is 10.1. The van der Waals surface area contributed by atoms with Crippen LogP contribution in [0.1, 0.15) is 12.5 Å². The van der Waals surface area contributed by atoms with Gasteiger partial charge in [0.25, 0.3) is 5.69 Å². The molecule has 0 spiro atoms. The van der Waals surface area contributed by atoms with Crippen LogP contribution in [0.2, 0.25) is 0 Å². The lowest BCUT2D eigenvalue weighted by Crippen LogP contribution is -3.00. The summed E-state index contributed by atoms with van der Waals surface area (Å²) < 4.78 is 2.24. The maximum Gasteiger partial charge on any atom is 0.304 e. The van der Waals surface area contributed by atoms with Crippen molar-refractivity contribution in [1.82, 2.24) is 0 Å². The number of non-ortho nitro benzene ring substituents is 1. The zero-order valence-electron chi connectivity index (χ0n) is 18.5. The van der Waals surface area contributed by atoms with Gasteiger partial charge in [-0.05, 0) is 53.5 Å². The van der Waals surface area contributed by atoms with E-state index in [1.54, 1.807) is 6.07 Å². The zero-order chi connectivity index (χ0) is 24.0. The van der Waals surface area contributed by atoms with Gasteiger partial charge in [0, 0.05) is 30.4 Å². The summed E-state index contributed by atoms with van der Waals surface area (Å²) in [5.74, 6) is 0. The fraction of sp³-hybridized carbons (Fsp3) is 0.227. The van der Waals surface area contributed by atoms with Crippen molar-refractivity contribution in [3.63, 3.8) is 0 Å². The van der Waals surface area contributed by atoms with Crippen LogP contribution in [0.3, 0.4) is 0 Å². The Morgan fingerprint density at radius 1 is 1.03 bits per heavy atom. The van der Waals surface area contributed by atoms with E-state index < -0.39 is 21.2 Å². The standard InChI is InChI=1S/C22H22BrN6O4.ClH/c1-3-27(12-11-26-9-5-4-6-10-26)17-7-8-20(16(2)13-17)24-25-22-19(23)14-18(28(30)31)15-21(22)29(32)33;/h4-10,13-15H,3,11-12H2,1-2H3;1H/q+1;/p-1. The highest BCUT2D eigenvalue weighted by molar-refractivity contribution is 9.10. The first-order chi connectivity index (χ1) is 15.8. The van der Waals surface area contributed by atoms with Crippen LogP contribution < -0.4 is 21.9 Å². The molecule has 0 amide bonds. The first-order valence-corrected chi connectivity index (χ1v) is 10.9. The molecule has 1 heterocycles. The van der Waals surface area contributed by atoms with Crippen LogP contribution in [-0.2, 0) is 6.54 Å². The molecule has 0 N–H and O–H groups in total. The largest absolute Gasteiger partial charge is 1.00 e. The number of halogens is 2. The monoisotopic (exact) mass is 548 g/mol. The summed E-state index contributed by atoms with van der Waals surface area (Å²) in [5, 5.41) is 30.6. The summed E-state index contributed by atoms with van der Waals surface area (Å²) in [7, 11) is 0. The van der Waals surface area contributed by atoms with Crippen molar-refractivity contribution in [1.29, 1.82) is 0 Å². The molecule has 0 bridgehead atoms. The van der Waals surface area contributed by atoms with Crippen LogP contribution in [0.25, 0.3) is 0 Å². The fourth-order valence-corrected chi connectivity index (χ4v) is 3.77. The van der Waals surface area contributed by atoms with Gasteiger partial charge in [-0.2, -0.15) is 0 Å². The molecule has 0 aliphatic rings. The molecule has 12 heteroatoms. The van der Waals surface area contributed by atoms with Gasteiger partial charge in [-0.25, -0.2) is 4.57 Å². The lowest BCUT2D eigenvalue weighted by atomic mass is 10.1. The van der Waals surface area contributed by atoms with Gasteiger partial charge >= 0.3 is 5.69 Å². The van der Waals surface area contributed by atoms with Crippen LogP contribution in [0.15, 0.2) is 75.6 Å². The van der Waals surface area contributed by atoms with E-state index in [1.165, 1.54) is 6.07 Å². The predicted octanol–water partition coefficient (Wildman–Crippen LogP) is 2.81. The molecule has 3 rings (SSSR count). The average molecular weight is 550 g/mol. The lowest BCUT2D eigenvalue weighted by Gasteiger charge is -2.22. The molecule has 0 aliphatic carbocycles. The highest BCUT2D eigenvalue weighted by atomic mass is 79.9. The number of rotatable bonds is 9. The first kappa shape index (κ1) is 26.8. The van der Waals surface area contributed by atoms with E-state index >= 15 is 0 Å². The third kappa shape index (κ3) is 6.55. The lowest BCUT2D eigenvalue weighted by molar-refractivity contribution is -0.694. The molecule has 178 valence electrons. The Morgan fingerprint density at radius 2 is 1.74 bits per heavy atom. The number of nitro benzene ring substituents is 2. The second-order valence-corrected chi connectivity index (χ2v) is 8.03. The van der Waals surface area contributed by atoms with E-state index in [0.29, 0.717) is 5.69 Å². The van der Waals surface area contributed by atoms with E-state index in [-0.39, 0.29) is 22.6 Å². The highest BCUT2D eigenvalue weighted by Crippen LogP contribution is 2.40. The van der Waals surface area contributed by atoms with Gasteiger partial charge in [0.15, 0.2) is 24.6 Å². The molecule has 0 aliphatic heterocycles. The summed E-state index contributed by atoms with van der Waals surface area (Å²) in [5.41, 5.74) is 1.46. The minimum atomic E-state index is -0.716. The van der Waals surface area contributed by atoms with E-state index in [2.05, 4.69) is 42.5 Å². The zero-order valence-corrected chi connectivity index (χ0v) is 20.8. The number of anilines is 1. The number of likely N-dealkylation sites (N-methyl/N-ethyl adjacent to an activating group) is 1. The smallest absolute Gasteiger partial charge is 0.304 e. The van der Waals surface area contributed by atoms with Gasteiger partial charge in [-0.15, -0.1) is 10.2 Å². The molecular weight excluding hydrogens is 528 g/mol. The van der Waals surface area contributed by atoms with Crippen LogP contribution in [0.5, 0.6) is 0 Å². The molecule has 0 saturated heterocycles. The molecule has 2 aromatic carbocycles. The van der Waals surface area contributed by atoms with Crippen molar-refractivity contribution in [3.05, 3.63) is 91.2 Å². The van der Waals surface area contributed by atoms with Crippen molar-refractivity contribution >= 4 is 44.4 Å². The van der Waals surface area contributed by atoms with Crippen LogP contribution in [0, 0.1) is 27.2 Å². The number of aryl methyl sites for hydroxylation is 1. The molecule has 0 radical (unpaired) electrons. The Balaban J connectivity index is 0.00000408. The Hall–Kier alpha value is -3.44. The third-order valence-corrected chi connectivity index (χ3v) is 5.63. The number of hydrogen-bond donors (Lipinski definition) is 0. The molecule has 0 unspecified atom stereocenters. The topological polar surface area (TPSA) is 118 Å². The van der Waals surface area contributed by atoms with Gasteiger partial charge in [0.2, 0.25) is 0 Å². The Bertz CT molecular complexity index is 1210. The number of nitrogens with zero attached hydrogens (tertiary/aromatic N) is 6. The SMILES string of the molecule is CCN(CC[n+]1ccccc1)c1ccc(N=Nc2c(Br)cc([N+](=O)[O-])cc2[N+](=O)[O-])c(C)c1.[Cl-]. The number of azo groups is 1. The van der Waals surface area contributed by atoms with Gasteiger partial charge in [0.05, 0.1) is 32.6 Å². The highest BCUT2D eigenvalue weighted by Gasteiger charge is 2.23. The summed E-state index contributed by atoms with van der Waals surface area (Å²) in [4.78, 5) is 23.2.